The van der Waals surface area contributed by atoms with E-state index in [1.165, 1.54) is 6.92 Å². The monoisotopic (exact) mass is 191 g/mol. The first-order chi connectivity index (χ1) is 5.48. The first kappa shape index (κ1) is 11.4. The maximum absolute atomic E-state index is 10.5. The first-order valence-electron chi connectivity index (χ1n) is 3.15. The Labute approximate surface area is 70.7 Å². The van der Waals surface area contributed by atoms with Crippen molar-refractivity contribution in [2.75, 3.05) is 6.61 Å². The quantitative estimate of drug-likeness (QED) is 0.502. The van der Waals surface area contributed by atoms with Gasteiger partial charge in [0.15, 0.2) is 0 Å². The van der Waals surface area contributed by atoms with Gasteiger partial charge in [0.25, 0.3) is 0 Å². The van der Waals surface area contributed by atoms with E-state index in [1.54, 1.807) is 0 Å². The van der Waals surface area contributed by atoms with Crippen LogP contribution in [0.15, 0.2) is 0 Å². The SMILES string of the molecule is CC(C#P=O)(CO)[C@@H](O)C(N)=O. The summed E-state index contributed by atoms with van der Waals surface area (Å²) >= 11 is 0. The van der Waals surface area contributed by atoms with E-state index in [9.17, 15) is 9.36 Å². The molecule has 0 aromatic heterocycles. The van der Waals surface area contributed by atoms with E-state index in [2.05, 4.69) is 5.63 Å². The summed E-state index contributed by atoms with van der Waals surface area (Å²) < 4.78 is 10.1. The van der Waals surface area contributed by atoms with E-state index in [-0.39, 0.29) is 0 Å². The Morgan fingerprint density at radius 1 is 1.83 bits per heavy atom. The maximum atomic E-state index is 10.5. The van der Waals surface area contributed by atoms with Gasteiger partial charge in [-0.1, -0.05) is 0 Å². The average Bonchev–Trinajstić information content (AvgIpc) is 2.03. The molecule has 12 heavy (non-hydrogen) atoms. The Hall–Kier alpha value is -0.600. The standard InChI is InChI=1S/C6H10NO4P/c1-6(2-8,3-12-11)4(9)5(7)10/h4,8-9H,2H2,1H3,(H2,7,10)/t4-,6?/m0/s1. The van der Waals surface area contributed by atoms with Crippen molar-refractivity contribution in [1.29, 1.82) is 0 Å². The Morgan fingerprint density at radius 3 is 2.58 bits per heavy atom. The van der Waals surface area contributed by atoms with Crippen molar-refractivity contribution in [3.63, 3.8) is 0 Å². The van der Waals surface area contributed by atoms with Crippen LogP contribution in [0.2, 0.25) is 0 Å². The number of carbonyl (C=O) groups is 1. The summed E-state index contributed by atoms with van der Waals surface area (Å²) in [4.78, 5) is 10.5. The Balaban J connectivity index is 4.82. The minimum atomic E-state index is -1.58. The predicted octanol–water partition coefficient (Wildman–Crippen LogP) is -0.918. The van der Waals surface area contributed by atoms with Crippen LogP contribution in [0.4, 0.5) is 0 Å². The van der Waals surface area contributed by atoms with Crippen LogP contribution in [0.25, 0.3) is 0 Å². The molecule has 1 amide bonds. The molecule has 0 bridgehead atoms. The molecule has 0 fully saturated rings. The summed E-state index contributed by atoms with van der Waals surface area (Å²) in [6, 6.07) is 0. The molecule has 0 radical (unpaired) electrons. The Kier molecular flexibility index (Phi) is 4.21. The van der Waals surface area contributed by atoms with Gasteiger partial charge in [-0.2, -0.15) is 0 Å². The normalized spacial score (nSPS) is 17.2. The summed E-state index contributed by atoms with van der Waals surface area (Å²) in [5.41, 5.74) is 5.62. The molecule has 0 aliphatic rings. The van der Waals surface area contributed by atoms with Crippen LogP contribution in [0.3, 0.4) is 0 Å². The summed E-state index contributed by atoms with van der Waals surface area (Å²) in [5.74, 6) is -0.984. The van der Waals surface area contributed by atoms with Crippen molar-refractivity contribution < 1.29 is 19.6 Å². The van der Waals surface area contributed by atoms with Gasteiger partial charge in [0.05, 0.1) is 0 Å². The van der Waals surface area contributed by atoms with E-state index in [1.807, 2.05) is 0 Å². The fourth-order valence-corrected chi connectivity index (χ4v) is 1.00. The van der Waals surface area contributed by atoms with Crippen molar-refractivity contribution in [3.8, 4) is 5.63 Å². The molecule has 0 rings (SSSR count). The zero-order valence-electron chi connectivity index (χ0n) is 6.52. The molecule has 2 atom stereocenters. The van der Waals surface area contributed by atoms with E-state index in [0.29, 0.717) is 0 Å². The molecule has 4 N–H and O–H groups in total. The molecule has 0 heterocycles. The summed E-state index contributed by atoms with van der Waals surface area (Å²) in [6.45, 7) is 0.777. The van der Waals surface area contributed by atoms with Gasteiger partial charge in [0, 0.05) is 0 Å². The van der Waals surface area contributed by atoms with Crippen molar-refractivity contribution >= 4 is 13.8 Å². The molecule has 68 valence electrons. The number of aliphatic hydroxyl groups is 2. The summed E-state index contributed by atoms with van der Waals surface area (Å²) in [7, 11) is -0.488. The molecule has 0 aliphatic heterocycles. The van der Waals surface area contributed by atoms with Crippen LogP contribution in [0.1, 0.15) is 6.92 Å². The average molecular weight is 191 g/mol. The van der Waals surface area contributed by atoms with Gasteiger partial charge in [-0.15, -0.1) is 0 Å². The van der Waals surface area contributed by atoms with Crippen LogP contribution >= 0.6 is 7.92 Å². The number of amides is 1. The molecule has 0 spiro atoms. The molecule has 5 nitrogen and oxygen atoms in total. The van der Waals surface area contributed by atoms with Crippen molar-refractivity contribution in [2.24, 2.45) is 11.1 Å². The van der Waals surface area contributed by atoms with Gasteiger partial charge in [-0.3, -0.25) is 0 Å². The van der Waals surface area contributed by atoms with Gasteiger partial charge in [-0.05, 0) is 0 Å². The first-order valence-corrected chi connectivity index (χ1v) is 3.97. The van der Waals surface area contributed by atoms with Crippen LogP contribution in [-0.4, -0.2) is 28.8 Å². The third kappa shape index (κ3) is 2.47. The van der Waals surface area contributed by atoms with E-state index in [0.717, 1.165) is 0 Å². The number of hydrogen-bond acceptors (Lipinski definition) is 4. The van der Waals surface area contributed by atoms with Gasteiger partial charge in [0.2, 0.25) is 0 Å². The molecule has 0 aliphatic carbocycles. The third-order valence-corrected chi connectivity index (χ3v) is 2.10. The Morgan fingerprint density at radius 2 is 2.33 bits per heavy atom. The number of rotatable bonds is 3. The molecular formula is C6H10NO4P. The van der Waals surface area contributed by atoms with Crippen LogP contribution in [0, 0.1) is 11.0 Å². The number of aliphatic hydroxyl groups excluding tert-OH is 2. The number of carbonyl (C=O) groups excluding carboxylic acids is 1. The molecule has 0 saturated heterocycles. The second kappa shape index (κ2) is 4.43. The fraction of sp³-hybridized carbons (Fsp3) is 0.667. The van der Waals surface area contributed by atoms with Gasteiger partial charge in [-0.25, -0.2) is 0 Å². The number of primary amides is 1. The van der Waals surface area contributed by atoms with Crippen molar-refractivity contribution in [1.82, 2.24) is 0 Å². The zero-order valence-corrected chi connectivity index (χ0v) is 7.41. The molecule has 1 unspecified atom stereocenters. The van der Waals surface area contributed by atoms with E-state index >= 15 is 0 Å². The topological polar surface area (TPSA) is 101 Å². The molecule has 6 heteroatoms. The second-order valence-corrected chi connectivity index (χ2v) is 2.99. The fourth-order valence-electron chi connectivity index (χ4n) is 0.601. The molecule has 0 aromatic rings. The summed E-state index contributed by atoms with van der Waals surface area (Å²) in [5, 5.41) is 17.9. The molecular weight excluding hydrogens is 181 g/mol. The zero-order chi connectivity index (χ0) is 9.78. The number of nitrogens with two attached hydrogens (primary N) is 1. The van der Waals surface area contributed by atoms with Crippen molar-refractivity contribution in [2.45, 2.75) is 13.0 Å². The summed E-state index contributed by atoms with van der Waals surface area (Å²) in [6.07, 6.45) is -1.58. The molecule has 0 aromatic carbocycles. The van der Waals surface area contributed by atoms with Crippen molar-refractivity contribution in [3.05, 3.63) is 0 Å². The second-order valence-electron chi connectivity index (χ2n) is 2.58. The third-order valence-electron chi connectivity index (χ3n) is 1.50. The predicted molar refractivity (Wildman–Crippen MR) is 41.9 cm³/mol. The van der Waals surface area contributed by atoms with Gasteiger partial charge in [0.1, 0.15) is 0 Å². The van der Waals surface area contributed by atoms with E-state index in [4.69, 9.17) is 15.9 Å². The Bertz CT molecular complexity index is 272. The molecule has 0 saturated carbocycles. The van der Waals surface area contributed by atoms with E-state index < -0.39 is 31.9 Å². The minimum absolute atomic E-state index is 0.488. The van der Waals surface area contributed by atoms with Crippen LogP contribution in [-0.2, 0) is 9.36 Å². The van der Waals surface area contributed by atoms with Crippen LogP contribution in [0.5, 0.6) is 0 Å². The van der Waals surface area contributed by atoms with Gasteiger partial charge < -0.3 is 0 Å². The van der Waals surface area contributed by atoms with Crippen LogP contribution < -0.4 is 5.73 Å². The number of hydrogen-bond donors (Lipinski definition) is 3. The van der Waals surface area contributed by atoms with Gasteiger partial charge >= 0.3 is 69.8 Å².